The van der Waals surface area contributed by atoms with E-state index in [1.165, 1.54) is 94.3 Å². The zero-order valence-electron chi connectivity index (χ0n) is 35.5. The number of benzene rings is 9. The second-order valence-corrected chi connectivity index (χ2v) is 18.1. The molecule has 0 bridgehead atoms. The van der Waals surface area contributed by atoms with Gasteiger partial charge in [0, 0.05) is 44.1 Å². The van der Waals surface area contributed by atoms with Crippen molar-refractivity contribution in [2.75, 3.05) is 4.90 Å². The van der Waals surface area contributed by atoms with E-state index in [0.717, 1.165) is 17.1 Å². The predicted octanol–water partition coefficient (Wildman–Crippen LogP) is 16.2. The Balaban J connectivity index is 1.08. The molecule has 9 aromatic carbocycles. The van der Waals surface area contributed by atoms with Crippen LogP contribution in [-0.2, 0) is 10.8 Å². The summed E-state index contributed by atoms with van der Waals surface area (Å²) in [7, 11) is 0. The molecule has 0 saturated heterocycles. The Morgan fingerprint density at radius 3 is 1.77 bits per heavy atom. The SMILES string of the molecule is CC1(C)c2ccccc2-c2cc(-c3ccccc3N(c3cccc(-c4ccc5c6ccccc6n(-c6ccccc6)c5c4)c3)c3cccc4c3-c3ccccc3C4(C)C)ccc21. The van der Waals surface area contributed by atoms with Gasteiger partial charge < -0.3 is 9.47 Å². The van der Waals surface area contributed by atoms with Gasteiger partial charge in [0.1, 0.15) is 0 Å². The minimum Gasteiger partial charge on any atom is -0.309 e. The van der Waals surface area contributed by atoms with Gasteiger partial charge >= 0.3 is 0 Å². The van der Waals surface area contributed by atoms with Crippen LogP contribution in [0.25, 0.3) is 72.0 Å². The normalized spacial score (nSPS) is 14.1. The number of fused-ring (bicyclic) bond motifs is 9. The van der Waals surface area contributed by atoms with Gasteiger partial charge in [0.2, 0.25) is 0 Å². The Morgan fingerprint density at radius 2 is 0.935 bits per heavy atom. The number of nitrogens with zero attached hydrogens (tertiary/aromatic N) is 2. The maximum atomic E-state index is 2.53. The molecule has 296 valence electrons. The molecule has 12 rings (SSSR count). The molecular formula is C60H46N2. The van der Waals surface area contributed by atoms with E-state index in [4.69, 9.17) is 0 Å². The second-order valence-electron chi connectivity index (χ2n) is 18.1. The summed E-state index contributed by atoms with van der Waals surface area (Å²) in [6, 6.07) is 76.6. The number of anilines is 3. The Kier molecular flexibility index (Phi) is 7.96. The minimum absolute atomic E-state index is 0.0558. The molecule has 0 unspecified atom stereocenters. The van der Waals surface area contributed by atoms with E-state index in [9.17, 15) is 0 Å². The van der Waals surface area contributed by atoms with Gasteiger partial charge in [-0.25, -0.2) is 0 Å². The quantitative estimate of drug-likeness (QED) is 0.163. The Morgan fingerprint density at radius 1 is 0.355 bits per heavy atom. The summed E-state index contributed by atoms with van der Waals surface area (Å²) in [5.41, 5.74) is 22.3. The maximum absolute atomic E-state index is 2.53. The van der Waals surface area contributed by atoms with Crippen molar-refractivity contribution in [3.63, 3.8) is 0 Å². The number of hydrogen-bond acceptors (Lipinski definition) is 1. The van der Waals surface area contributed by atoms with Gasteiger partial charge in [0.25, 0.3) is 0 Å². The number of rotatable bonds is 6. The molecule has 0 fully saturated rings. The third-order valence-electron chi connectivity index (χ3n) is 14.0. The van der Waals surface area contributed by atoms with Crippen LogP contribution in [0.4, 0.5) is 17.1 Å². The molecule has 0 saturated carbocycles. The molecule has 2 aliphatic carbocycles. The molecule has 1 heterocycles. The average molecular weight is 795 g/mol. The number of aromatic nitrogens is 1. The fraction of sp³-hybridized carbons (Fsp3) is 0.100. The average Bonchev–Trinajstić information content (AvgIpc) is 3.86. The van der Waals surface area contributed by atoms with E-state index in [-0.39, 0.29) is 10.8 Å². The van der Waals surface area contributed by atoms with Crippen LogP contribution in [0.3, 0.4) is 0 Å². The van der Waals surface area contributed by atoms with Gasteiger partial charge in [-0.2, -0.15) is 0 Å². The highest BCUT2D eigenvalue weighted by Gasteiger charge is 2.39. The first-order valence-corrected chi connectivity index (χ1v) is 21.9. The van der Waals surface area contributed by atoms with Crippen molar-refractivity contribution in [3.05, 3.63) is 229 Å². The summed E-state index contributed by atoms with van der Waals surface area (Å²) in [5.74, 6) is 0. The number of hydrogen-bond donors (Lipinski definition) is 0. The molecule has 2 aliphatic rings. The predicted molar refractivity (Wildman–Crippen MR) is 261 cm³/mol. The molecule has 2 heteroatoms. The fourth-order valence-electron chi connectivity index (χ4n) is 11.0. The smallest absolute Gasteiger partial charge is 0.0547 e. The van der Waals surface area contributed by atoms with Crippen molar-refractivity contribution in [2.24, 2.45) is 0 Å². The van der Waals surface area contributed by atoms with Crippen LogP contribution in [0.2, 0.25) is 0 Å². The van der Waals surface area contributed by atoms with Gasteiger partial charge in [0.15, 0.2) is 0 Å². The maximum Gasteiger partial charge on any atom is 0.0547 e. The van der Waals surface area contributed by atoms with Crippen LogP contribution in [0.5, 0.6) is 0 Å². The highest BCUT2D eigenvalue weighted by Crippen LogP contribution is 2.56. The highest BCUT2D eigenvalue weighted by molar-refractivity contribution is 6.10. The van der Waals surface area contributed by atoms with Gasteiger partial charge in [-0.3, -0.25) is 0 Å². The molecule has 0 amide bonds. The van der Waals surface area contributed by atoms with Crippen LogP contribution in [-0.4, -0.2) is 4.57 Å². The van der Waals surface area contributed by atoms with E-state index >= 15 is 0 Å². The lowest BCUT2D eigenvalue weighted by molar-refractivity contribution is 0.660. The number of para-hydroxylation sites is 3. The standard InChI is InChI=1S/C60H46N2/c1-59(2)50-26-12-8-23-45(50)49-37-41(33-35-52(49)59)44-22-10-14-29-54(44)62(56-31-17-28-53-58(56)48-25-9-13-27-51(48)60(53,3)4)43-21-16-18-39(36-43)40-32-34-47-46-24-11-15-30-55(46)61(57(47)38-40)42-19-6-5-7-20-42/h5-38H,1-4H3. The molecule has 0 N–H and O–H groups in total. The summed E-state index contributed by atoms with van der Waals surface area (Å²) in [5, 5.41) is 2.51. The molecule has 62 heavy (non-hydrogen) atoms. The minimum atomic E-state index is -0.137. The molecular weight excluding hydrogens is 749 g/mol. The lowest BCUT2D eigenvalue weighted by Crippen LogP contribution is -2.16. The lowest BCUT2D eigenvalue weighted by atomic mass is 9.82. The molecule has 0 atom stereocenters. The fourth-order valence-corrected chi connectivity index (χ4v) is 11.0. The van der Waals surface area contributed by atoms with E-state index in [0.29, 0.717) is 0 Å². The second kappa shape index (κ2) is 13.5. The van der Waals surface area contributed by atoms with E-state index in [1.54, 1.807) is 0 Å². The van der Waals surface area contributed by atoms with Crippen molar-refractivity contribution in [3.8, 4) is 50.2 Å². The third kappa shape index (κ3) is 5.29. The zero-order chi connectivity index (χ0) is 41.7. The van der Waals surface area contributed by atoms with Crippen LogP contribution >= 0.6 is 0 Å². The van der Waals surface area contributed by atoms with Crippen molar-refractivity contribution in [1.29, 1.82) is 0 Å². The van der Waals surface area contributed by atoms with Gasteiger partial charge in [-0.1, -0.05) is 179 Å². The molecule has 0 spiro atoms. The van der Waals surface area contributed by atoms with Crippen LogP contribution in [0.15, 0.2) is 206 Å². The topological polar surface area (TPSA) is 8.17 Å². The van der Waals surface area contributed by atoms with Gasteiger partial charge in [0.05, 0.1) is 22.4 Å². The third-order valence-corrected chi connectivity index (χ3v) is 14.0. The van der Waals surface area contributed by atoms with E-state index < -0.39 is 0 Å². The van der Waals surface area contributed by atoms with Crippen molar-refractivity contribution in [1.82, 2.24) is 4.57 Å². The first kappa shape index (κ1) is 36.4. The lowest BCUT2D eigenvalue weighted by Gasteiger charge is -2.31. The van der Waals surface area contributed by atoms with Crippen LogP contribution in [0.1, 0.15) is 49.9 Å². The monoisotopic (exact) mass is 794 g/mol. The zero-order valence-corrected chi connectivity index (χ0v) is 35.5. The summed E-state index contributed by atoms with van der Waals surface area (Å²) in [6.07, 6.45) is 0. The Bertz CT molecular complexity index is 3420. The first-order valence-electron chi connectivity index (χ1n) is 21.9. The summed E-state index contributed by atoms with van der Waals surface area (Å²) >= 11 is 0. The van der Waals surface area contributed by atoms with Crippen molar-refractivity contribution >= 4 is 38.9 Å². The highest BCUT2D eigenvalue weighted by atomic mass is 15.1. The largest absolute Gasteiger partial charge is 0.309 e. The van der Waals surface area contributed by atoms with Gasteiger partial charge in [-0.05, 0) is 110 Å². The van der Waals surface area contributed by atoms with Crippen LogP contribution in [0, 0.1) is 0 Å². The summed E-state index contributed by atoms with van der Waals surface area (Å²) < 4.78 is 2.41. The van der Waals surface area contributed by atoms with Crippen molar-refractivity contribution in [2.45, 2.75) is 38.5 Å². The summed E-state index contributed by atoms with van der Waals surface area (Å²) in [6.45, 7) is 9.45. The Hall–Kier alpha value is -7.42. The molecule has 0 radical (unpaired) electrons. The molecule has 2 nitrogen and oxygen atoms in total. The molecule has 1 aromatic heterocycles. The molecule has 0 aliphatic heterocycles. The van der Waals surface area contributed by atoms with Gasteiger partial charge in [-0.15, -0.1) is 0 Å². The molecule has 10 aromatic rings. The van der Waals surface area contributed by atoms with E-state index in [1.807, 2.05) is 0 Å². The Labute approximate surface area is 364 Å². The summed E-state index contributed by atoms with van der Waals surface area (Å²) in [4.78, 5) is 2.53. The van der Waals surface area contributed by atoms with Crippen LogP contribution < -0.4 is 4.90 Å². The first-order chi connectivity index (χ1) is 30.3. The van der Waals surface area contributed by atoms with E-state index in [2.05, 4.69) is 243 Å². The van der Waals surface area contributed by atoms with Crippen molar-refractivity contribution < 1.29 is 0 Å².